The first kappa shape index (κ1) is 16.0. The number of rotatable bonds is 4. The summed E-state index contributed by atoms with van der Waals surface area (Å²) >= 11 is 0. The maximum atomic E-state index is 5.95. The van der Waals surface area contributed by atoms with Crippen LogP contribution in [-0.2, 0) is 13.6 Å². The first-order valence-corrected chi connectivity index (χ1v) is 8.82. The first-order valence-electron chi connectivity index (χ1n) is 8.82. The number of hydrogen-bond acceptors (Lipinski definition) is 5. The number of pyridine rings is 1. The summed E-state index contributed by atoms with van der Waals surface area (Å²) in [6, 6.07) is 10.5. The van der Waals surface area contributed by atoms with Gasteiger partial charge in [0.15, 0.2) is 0 Å². The van der Waals surface area contributed by atoms with Gasteiger partial charge in [-0.15, -0.1) is 10.2 Å². The van der Waals surface area contributed by atoms with Crippen molar-refractivity contribution in [1.29, 1.82) is 0 Å². The number of likely N-dealkylation sites (tertiary alicyclic amines) is 1. The minimum Gasteiger partial charge on any atom is -0.418 e. The Morgan fingerprint density at radius 3 is 2.84 bits per heavy atom. The molecular formula is C19H23N5O. The highest BCUT2D eigenvalue weighted by molar-refractivity contribution is 5.48. The van der Waals surface area contributed by atoms with E-state index in [4.69, 9.17) is 4.42 Å². The van der Waals surface area contributed by atoms with Crippen molar-refractivity contribution in [2.45, 2.75) is 38.8 Å². The zero-order valence-corrected chi connectivity index (χ0v) is 14.7. The Morgan fingerprint density at radius 2 is 2.08 bits per heavy atom. The topological polar surface area (TPSA) is 60.0 Å². The molecule has 0 N–H and O–H groups in total. The van der Waals surface area contributed by atoms with Gasteiger partial charge >= 0.3 is 0 Å². The molecule has 1 saturated heterocycles. The van der Waals surface area contributed by atoms with Crippen LogP contribution in [0.3, 0.4) is 0 Å². The Hall–Kier alpha value is -2.47. The summed E-state index contributed by atoms with van der Waals surface area (Å²) in [5.74, 6) is 1.24. The fraction of sp³-hybridized carbons (Fsp3) is 0.421. The van der Waals surface area contributed by atoms with Crippen molar-refractivity contribution in [1.82, 2.24) is 24.6 Å². The van der Waals surface area contributed by atoms with Crippen molar-refractivity contribution in [3.8, 4) is 11.6 Å². The van der Waals surface area contributed by atoms with E-state index in [0.717, 1.165) is 24.4 Å². The first-order chi connectivity index (χ1) is 12.2. The van der Waals surface area contributed by atoms with Gasteiger partial charge in [-0.2, -0.15) is 0 Å². The fourth-order valence-corrected chi connectivity index (χ4v) is 3.51. The summed E-state index contributed by atoms with van der Waals surface area (Å²) in [6.45, 7) is 3.76. The van der Waals surface area contributed by atoms with E-state index in [2.05, 4.69) is 49.8 Å². The molecule has 25 heavy (non-hydrogen) atoms. The Morgan fingerprint density at radius 1 is 1.16 bits per heavy atom. The smallest absolute Gasteiger partial charge is 0.264 e. The summed E-state index contributed by atoms with van der Waals surface area (Å²) in [4.78, 5) is 6.95. The maximum absolute atomic E-state index is 5.95. The average molecular weight is 337 g/mol. The Kier molecular flexibility index (Phi) is 4.36. The summed E-state index contributed by atoms with van der Waals surface area (Å²) in [6.07, 6.45) is 5.41. The van der Waals surface area contributed by atoms with Crippen LogP contribution >= 0.6 is 0 Å². The van der Waals surface area contributed by atoms with Crippen molar-refractivity contribution >= 4 is 0 Å². The molecule has 1 aliphatic heterocycles. The predicted octanol–water partition coefficient (Wildman–Crippen LogP) is 3.51. The van der Waals surface area contributed by atoms with Crippen molar-refractivity contribution in [3.63, 3.8) is 0 Å². The van der Waals surface area contributed by atoms with E-state index >= 15 is 0 Å². The Balaban J connectivity index is 1.54. The summed E-state index contributed by atoms with van der Waals surface area (Å²) in [5, 5.41) is 8.52. The van der Waals surface area contributed by atoms with E-state index < -0.39 is 0 Å². The molecular weight excluding hydrogens is 314 g/mol. The van der Waals surface area contributed by atoms with Crippen molar-refractivity contribution in [2.24, 2.45) is 7.05 Å². The van der Waals surface area contributed by atoms with Crippen LogP contribution in [0, 0.1) is 6.92 Å². The molecule has 1 atom stereocenters. The molecule has 3 aromatic rings. The molecule has 0 aromatic carbocycles. The van der Waals surface area contributed by atoms with Crippen molar-refractivity contribution in [2.75, 3.05) is 6.54 Å². The molecule has 6 heteroatoms. The van der Waals surface area contributed by atoms with Gasteiger partial charge in [-0.3, -0.25) is 9.88 Å². The summed E-state index contributed by atoms with van der Waals surface area (Å²) in [7, 11) is 2.01. The van der Waals surface area contributed by atoms with E-state index in [1.54, 1.807) is 0 Å². The predicted molar refractivity (Wildman–Crippen MR) is 94.7 cm³/mol. The van der Waals surface area contributed by atoms with Crippen LogP contribution in [0.25, 0.3) is 11.6 Å². The lowest BCUT2D eigenvalue weighted by Gasteiger charge is -2.34. The van der Waals surface area contributed by atoms with Gasteiger partial charge in [0.1, 0.15) is 5.69 Å². The lowest BCUT2D eigenvalue weighted by Crippen LogP contribution is -2.33. The average Bonchev–Trinajstić information content (AvgIpc) is 3.23. The second kappa shape index (κ2) is 6.80. The molecule has 3 aromatic heterocycles. The van der Waals surface area contributed by atoms with Gasteiger partial charge < -0.3 is 8.98 Å². The van der Waals surface area contributed by atoms with Gasteiger partial charge in [-0.25, -0.2) is 0 Å². The molecule has 0 unspecified atom stereocenters. The molecule has 6 nitrogen and oxygen atoms in total. The third-order valence-electron chi connectivity index (χ3n) is 5.04. The largest absolute Gasteiger partial charge is 0.418 e. The quantitative estimate of drug-likeness (QED) is 0.729. The van der Waals surface area contributed by atoms with E-state index in [1.807, 2.05) is 25.4 Å². The highest BCUT2D eigenvalue weighted by Crippen LogP contribution is 2.31. The van der Waals surface area contributed by atoms with Gasteiger partial charge in [-0.1, -0.05) is 12.5 Å². The molecule has 0 radical (unpaired) electrons. The van der Waals surface area contributed by atoms with Gasteiger partial charge in [0.05, 0.1) is 18.3 Å². The summed E-state index contributed by atoms with van der Waals surface area (Å²) < 4.78 is 8.01. The molecule has 0 aliphatic carbocycles. The van der Waals surface area contributed by atoms with E-state index in [0.29, 0.717) is 24.4 Å². The minimum atomic E-state index is 0.322. The molecule has 0 amide bonds. The number of hydrogen-bond donors (Lipinski definition) is 0. The lowest BCUT2D eigenvalue weighted by molar-refractivity contribution is 0.125. The molecule has 0 spiro atoms. The van der Waals surface area contributed by atoms with Crippen LogP contribution < -0.4 is 0 Å². The van der Waals surface area contributed by atoms with Gasteiger partial charge in [0.2, 0.25) is 5.89 Å². The normalized spacial score (nSPS) is 18.6. The highest BCUT2D eigenvalue weighted by Gasteiger charge is 2.26. The van der Waals surface area contributed by atoms with Crippen molar-refractivity contribution in [3.05, 3.63) is 53.8 Å². The zero-order chi connectivity index (χ0) is 17.2. The molecule has 4 heterocycles. The number of piperidine rings is 1. The van der Waals surface area contributed by atoms with Crippen LogP contribution in [0.4, 0.5) is 0 Å². The molecule has 0 saturated carbocycles. The monoisotopic (exact) mass is 337 g/mol. The molecule has 4 rings (SSSR count). The van der Waals surface area contributed by atoms with E-state index in [9.17, 15) is 0 Å². The zero-order valence-electron chi connectivity index (χ0n) is 14.7. The maximum Gasteiger partial charge on any atom is 0.264 e. The SMILES string of the molecule is Cc1ccc(-c2nnc(CN3CCCC[C@@H]3c3ccccn3)o2)n1C. The molecule has 1 fully saturated rings. The van der Waals surface area contributed by atoms with Gasteiger partial charge in [0.25, 0.3) is 5.89 Å². The van der Waals surface area contributed by atoms with Gasteiger partial charge in [-0.05, 0) is 50.6 Å². The standard InChI is InChI=1S/C19H23N5O/c1-14-9-10-17(23(14)2)19-22-21-18(25-19)13-24-12-6-4-8-16(24)15-7-3-5-11-20-15/h3,5,7,9-11,16H,4,6,8,12-13H2,1-2H3/t16-/m1/s1. The number of nitrogens with zero attached hydrogens (tertiary/aromatic N) is 5. The third kappa shape index (κ3) is 3.22. The minimum absolute atomic E-state index is 0.322. The lowest BCUT2D eigenvalue weighted by atomic mass is 9.99. The van der Waals surface area contributed by atoms with Crippen LogP contribution in [0.5, 0.6) is 0 Å². The summed E-state index contributed by atoms with van der Waals surface area (Å²) in [5.41, 5.74) is 3.25. The number of aromatic nitrogens is 4. The van der Waals surface area contributed by atoms with E-state index in [1.165, 1.54) is 18.5 Å². The van der Waals surface area contributed by atoms with Crippen molar-refractivity contribution < 1.29 is 4.42 Å². The van der Waals surface area contributed by atoms with Gasteiger partial charge in [0, 0.05) is 18.9 Å². The van der Waals surface area contributed by atoms with Crippen LogP contribution in [-0.4, -0.2) is 31.2 Å². The molecule has 1 aliphatic rings. The third-order valence-corrected chi connectivity index (χ3v) is 5.04. The van der Waals surface area contributed by atoms with Crippen LogP contribution in [0.2, 0.25) is 0 Å². The molecule has 0 bridgehead atoms. The second-order valence-corrected chi connectivity index (χ2v) is 6.66. The number of aryl methyl sites for hydroxylation is 1. The van der Waals surface area contributed by atoms with Crippen LogP contribution in [0.1, 0.15) is 42.6 Å². The van der Waals surface area contributed by atoms with Crippen LogP contribution in [0.15, 0.2) is 40.9 Å². The highest BCUT2D eigenvalue weighted by atomic mass is 16.4. The molecule has 130 valence electrons. The fourth-order valence-electron chi connectivity index (χ4n) is 3.51. The second-order valence-electron chi connectivity index (χ2n) is 6.66. The Labute approximate surface area is 147 Å². The Bertz CT molecular complexity index is 839. The van der Waals surface area contributed by atoms with E-state index in [-0.39, 0.29) is 0 Å².